The zero-order chi connectivity index (χ0) is 50.6. The van der Waals surface area contributed by atoms with Crippen LogP contribution in [0.15, 0.2) is 36.5 Å². The Kier molecular flexibility index (Phi) is 59.8. The molecule has 0 aliphatic rings. The van der Waals surface area contributed by atoms with Crippen molar-refractivity contribution in [3.8, 4) is 0 Å². The van der Waals surface area contributed by atoms with Crippen LogP contribution in [0.5, 0.6) is 0 Å². The molecular formula is C65H122O5. The molecule has 0 fully saturated rings. The molecule has 1 unspecified atom stereocenters. The molecule has 0 aliphatic carbocycles. The minimum absolute atomic E-state index is 0.0619. The summed E-state index contributed by atoms with van der Waals surface area (Å²) in [6.45, 7) is 4.18. The van der Waals surface area contributed by atoms with Gasteiger partial charge in [0.2, 0.25) is 0 Å². The molecule has 0 aliphatic heterocycles. The molecule has 0 radical (unpaired) electrons. The van der Waals surface area contributed by atoms with Crippen LogP contribution in [0.2, 0.25) is 0 Å². The Balaban J connectivity index is 3.40. The second-order valence-electron chi connectivity index (χ2n) is 21.5. The average molecular weight is 984 g/mol. The lowest BCUT2D eigenvalue weighted by atomic mass is 10.0. The van der Waals surface area contributed by atoms with Crippen molar-refractivity contribution in [2.24, 2.45) is 0 Å². The van der Waals surface area contributed by atoms with E-state index in [0.29, 0.717) is 12.8 Å². The number of rotatable bonds is 59. The summed E-state index contributed by atoms with van der Waals surface area (Å²) >= 11 is 0. The first kappa shape index (κ1) is 68.1. The molecule has 0 saturated carbocycles. The Morgan fingerprint density at radius 3 is 0.857 bits per heavy atom. The second-order valence-corrected chi connectivity index (χ2v) is 21.5. The van der Waals surface area contributed by atoms with E-state index in [1.807, 2.05) is 0 Å². The van der Waals surface area contributed by atoms with Crippen LogP contribution in [0.4, 0.5) is 0 Å². The summed E-state index contributed by atoms with van der Waals surface area (Å²) in [5.41, 5.74) is 0. The van der Waals surface area contributed by atoms with E-state index in [-0.39, 0.29) is 25.2 Å². The van der Waals surface area contributed by atoms with Crippen molar-refractivity contribution in [2.45, 2.75) is 354 Å². The van der Waals surface area contributed by atoms with Crippen LogP contribution in [0.25, 0.3) is 0 Å². The third-order valence-electron chi connectivity index (χ3n) is 14.4. The van der Waals surface area contributed by atoms with Gasteiger partial charge in [-0.3, -0.25) is 9.59 Å². The van der Waals surface area contributed by atoms with Crippen LogP contribution in [0.1, 0.15) is 348 Å². The van der Waals surface area contributed by atoms with Gasteiger partial charge in [0.15, 0.2) is 6.10 Å². The molecule has 70 heavy (non-hydrogen) atoms. The van der Waals surface area contributed by atoms with Gasteiger partial charge in [0.25, 0.3) is 0 Å². The summed E-state index contributed by atoms with van der Waals surface area (Å²) < 4.78 is 10.7. The van der Waals surface area contributed by atoms with Gasteiger partial charge in [-0.25, -0.2) is 0 Å². The summed E-state index contributed by atoms with van der Waals surface area (Å²) in [5, 5.41) is 9.67. The number of hydrogen-bond acceptors (Lipinski definition) is 5. The van der Waals surface area contributed by atoms with Crippen LogP contribution >= 0.6 is 0 Å². The van der Waals surface area contributed by atoms with E-state index in [1.54, 1.807) is 0 Å². The maximum Gasteiger partial charge on any atom is 0.306 e. The highest BCUT2D eigenvalue weighted by Gasteiger charge is 2.16. The largest absolute Gasteiger partial charge is 0.462 e. The lowest BCUT2D eigenvalue weighted by molar-refractivity contribution is -0.161. The van der Waals surface area contributed by atoms with Gasteiger partial charge < -0.3 is 14.6 Å². The molecule has 0 aromatic heterocycles. The Hall–Kier alpha value is -1.88. The van der Waals surface area contributed by atoms with Gasteiger partial charge in [0.05, 0.1) is 6.61 Å². The molecule has 0 bridgehead atoms. The van der Waals surface area contributed by atoms with E-state index >= 15 is 0 Å². The van der Waals surface area contributed by atoms with Crippen molar-refractivity contribution in [1.29, 1.82) is 0 Å². The quantitative estimate of drug-likeness (QED) is 0.0373. The second kappa shape index (κ2) is 61.4. The maximum atomic E-state index is 12.3. The van der Waals surface area contributed by atoms with Gasteiger partial charge in [-0.2, -0.15) is 0 Å². The molecule has 0 saturated heterocycles. The average Bonchev–Trinajstić information content (AvgIpc) is 3.36. The van der Waals surface area contributed by atoms with E-state index in [9.17, 15) is 14.7 Å². The van der Waals surface area contributed by atoms with Crippen LogP contribution in [-0.4, -0.2) is 36.4 Å². The molecule has 0 spiro atoms. The van der Waals surface area contributed by atoms with E-state index in [1.165, 1.54) is 276 Å². The SMILES string of the molecule is CCCCCCC/C=C\C/C=C\CCCCCCCCCCCCCC(=O)OC(CO)COC(=O)CCCCCCCCCCCCCCCCCCCCCCC/C=C\CCCCCCCCCC. The van der Waals surface area contributed by atoms with Gasteiger partial charge in [0, 0.05) is 12.8 Å². The van der Waals surface area contributed by atoms with Crippen molar-refractivity contribution in [2.75, 3.05) is 13.2 Å². The first-order valence-electron chi connectivity index (χ1n) is 31.5. The van der Waals surface area contributed by atoms with E-state index in [2.05, 4.69) is 50.3 Å². The number of allylic oxidation sites excluding steroid dienone is 6. The maximum absolute atomic E-state index is 12.3. The highest BCUT2D eigenvalue weighted by Crippen LogP contribution is 2.18. The first-order valence-corrected chi connectivity index (χ1v) is 31.5. The number of carbonyl (C=O) groups excluding carboxylic acids is 2. The predicted molar refractivity (Wildman–Crippen MR) is 307 cm³/mol. The van der Waals surface area contributed by atoms with Gasteiger partial charge in [-0.1, -0.05) is 301 Å². The Morgan fingerprint density at radius 1 is 0.329 bits per heavy atom. The molecule has 0 rings (SSSR count). The molecule has 0 amide bonds. The molecule has 5 heteroatoms. The van der Waals surface area contributed by atoms with Crippen LogP contribution < -0.4 is 0 Å². The van der Waals surface area contributed by atoms with Crippen molar-refractivity contribution in [3.05, 3.63) is 36.5 Å². The van der Waals surface area contributed by atoms with Gasteiger partial charge >= 0.3 is 11.9 Å². The molecule has 0 aromatic rings. The van der Waals surface area contributed by atoms with Gasteiger partial charge in [0.1, 0.15) is 6.61 Å². The van der Waals surface area contributed by atoms with Crippen molar-refractivity contribution in [1.82, 2.24) is 0 Å². The lowest BCUT2D eigenvalue weighted by Gasteiger charge is -2.15. The number of carbonyl (C=O) groups is 2. The van der Waals surface area contributed by atoms with E-state index in [4.69, 9.17) is 9.47 Å². The minimum atomic E-state index is -0.772. The van der Waals surface area contributed by atoms with Crippen molar-refractivity contribution >= 4 is 11.9 Å². The van der Waals surface area contributed by atoms with E-state index in [0.717, 1.165) is 44.9 Å². The topological polar surface area (TPSA) is 72.8 Å². The fraction of sp³-hybridized carbons (Fsp3) is 0.877. The van der Waals surface area contributed by atoms with Gasteiger partial charge in [-0.15, -0.1) is 0 Å². The van der Waals surface area contributed by atoms with Crippen LogP contribution in [-0.2, 0) is 19.1 Å². The van der Waals surface area contributed by atoms with Crippen LogP contribution in [0, 0.1) is 0 Å². The number of aliphatic hydroxyl groups excluding tert-OH is 1. The Bertz CT molecular complexity index is 1110. The van der Waals surface area contributed by atoms with E-state index < -0.39 is 6.10 Å². The van der Waals surface area contributed by atoms with Crippen molar-refractivity contribution in [3.63, 3.8) is 0 Å². The van der Waals surface area contributed by atoms with Crippen molar-refractivity contribution < 1.29 is 24.2 Å². The first-order chi connectivity index (χ1) is 34.6. The lowest BCUT2D eigenvalue weighted by Crippen LogP contribution is -2.28. The standard InChI is InChI=1S/C65H122O5/c1-3-5-7-9-11-13-15-17-19-21-23-25-27-28-29-30-31-32-33-34-35-36-38-39-41-43-45-47-49-51-53-55-57-59-64(67)69-62-63(61-66)70-65(68)60-58-56-54-52-50-48-46-44-42-40-37-26-24-22-20-18-16-14-12-10-8-6-4-2/h16,18,21-24,63,66H,3-15,17,19-20,25-62H2,1-2H3/b18-16-,23-21-,24-22-. The molecular weight excluding hydrogens is 861 g/mol. The molecule has 0 heterocycles. The number of ether oxygens (including phenoxy) is 2. The fourth-order valence-corrected chi connectivity index (χ4v) is 9.64. The highest BCUT2D eigenvalue weighted by atomic mass is 16.6. The number of aliphatic hydroxyl groups is 1. The fourth-order valence-electron chi connectivity index (χ4n) is 9.64. The summed E-state index contributed by atoms with van der Waals surface area (Å²) in [6, 6.07) is 0. The number of esters is 2. The third-order valence-corrected chi connectivity index (χ3v) is 14.4. The highest BCUT2D eigenvalue weighted by molar-refractivity contribution is 5.70. The Morgan fingerprint density at radius 2 is 0.571 bits per heavy atom. The molecule has 1 N–H and O–H groups in total. The molecule has 412 valence electrons. The minimum Gasteiger partial charge on any atom is -0.462 e. The monoisotopic (exact) mass is 983 g/mol. The Labute approximate surface area is 437 Å². The summed E-state index contributed by atoms with van der Waals surface area (Å²) in [4.78, 5) is 24.6. The summed E-state index contributed by atoms with van der Waals surface area (Å²) in [7, 11) is 0. The predicted octanol–water partition coefficient (Wildman–Crippen LogP) is 21.4. The molecule has 0 aromatic carbocycles. The zero-order valence-electron chi connectivity index (χ0n) is 47.3. The normalized spacial score (nSPS) is 12.3. The summed E-state index contributed by atoms with van der Waals surface area (Å²) in [5.74, 6) is -0.574. The van der Waals surface area contributed by atoms with Crippen LogP contribution in [0.3, 0.4) is 0 Å². The third kappa shape index (κ3) is 58.7. The molecule has 5 nitrogen and oxygen atoms in total. The zero-order valence-corrected chi connectivity index (χ0v) is 47.3. The number of hydrogen-bond donors (Lipinski definition) is 1. The smallest absolute Gasteiger partial charge is 0.306 e. The molecule has 1 atom stereocenters. The number of unbranched alkanes of at least 4 members (excludes halogenated alkanes) is 45. The summed E-state index contributed by atoms with van der Waals surface area (Å²) in [6.07, 6.45) is 80.1. The van der Waals surface area contributed by atoms with Gasteiger partial charge in [-0.05, 0) is 70.6 Å².